The van der Waals surface area contributed by atoms with Gasteiger partial charge in [0.1, 0.15) is 5.82 Å². The minimum absolute atomic E-state index is 0.446. The highest BCUT2D eigenvalue weighted by Gasteiger charge is 2.08. The highest BCUT2D eigenvalue weighted by Crippen LogP contribution is 2.23. The lowest BCUT2D eigenvalue weighted by atomic mass is 10.0. The number of aryl methyl sites for hydroxylation is 1. The number of pyridine rings is 1. The Kier molecular flexibility index (Phi) is 2.22. The topological polar surface area (TPSA) is 64.9 Å². The van der Waals surface area contributed by atoms with Gasteiger partial charge in [0, 0.05) is 5.69 Å². The predicted molar refractivity (Wildman–Crippen MR) is 51.9 cm³/mol. The first kappa shape index (κ1) is 8.84. The van der Waals surface area contributed by atoms with Crippen molar-refractivity contribution in [2.45, 2.75) is 27.2 Å². The summed E-state index contributed by atoms with van der Waals surface area (Å²) >= 11 is 0. The van der Waals surface area contributed by atoms with Gasteiger partial charge in [-0.15, -0.1) is 0 Å². The number of aromatic nitrogens is 1. The minimum atomic E-state index is 0.446. The first-order valence-electron chi connectivity index (χ1n) is 4.09. The second kappa shape index (κ2) is 3.01. The van der Waals surface area contributed by atoms with Crippen LogP contribution in [0.4, 0.5) is 11.5 Å². The fourth-order valence-electron chi connectivity index (χ4n) is 1.46. The van der Waals surface area contributed by atoms with Gasteiger partial charge in [-0.1, -0.05) is 6.92 Å². The first-order chi connectivity index (χ1) is 5.57. The number of nitrogen functional groups attached to an aromatic ring is 2. The lowest BCUT2D eigenvalue weighted by Crippen LogP contribution is -2.06. The van der Waals surface area contributed by atoms with Crippen molar-refractivity contribution in [1.82, 2.24) is 4.98 Å². The zero-order valence-corrected chi connectivity index (χ0v) is 7.81. The van der Waals surface area contributed by atoms with E-state index in [4.69, 9.17) is 11.5 Å². The van der Waals surface area contributed by atoms with Gasteiger partial charge in [0.15, 0.2) is 0 Å². The maximum absolute atomic E-state index is 5.74. The van der Waals surface area contributed by atoms with Crippen molar-refractivity contribution in [1.29, 1.82) is 0 Å². The molecular formula is C9H15N3. The molecule has 0 aliphatic heterocycles. The second-order valence-electron chi connectivity index (χ2n) is 2.95. The molecule has 66 valence electrons. The molecule has 0 aliphatic rings. The lowest BCUT2D eigenvalue weighted by Gasteiger charge is -2.11. The smallest absolute Gasteiger partial charge is 0.147 e. The molecule has 3 heteroatoms. The van der Waals surface area contributed by atoms with Crippen molar-refractivity contribution in [3.8, 4) is 0 Å². The van der Waals surface area contributed by atoms with Gasteiger partial charge in [0.2, 0.25) is 0 Å². The molecule has 0 unspecified atom stereocenters. The Morgan fingerprint density at radius 2 is 1.83 bits per heavy atom. The van der Waals surface area contributed by atoms with Crippen LogP contribution < -0.4 is 11.5 Å². The van der Waals surface area contributed by atoms with Crippen molar-refractivity contribution in [2.75, 3.05) is 11.5 Å². The third-order valence-electron chi connectivity index (χ3n) is 2.21. The third-order valence-corrected chi connectivity index (χ3v) is 2.21. The minimum Gasteiger partial charge on any atom is -0.396 e. The van der Waals surface area contributed by atoms with Gasteiger partial charge < -0.3 is 11.5 Å². The summed E-state index contributed by atoms with van der Waals surface area (Å²) in [5, 5.41) is 0. The summed E-state index contributed by atoms with van der Waals surface area (Å²) in [5.41, 5.74) is 15.2. The molecule has 1 aromatic heterocycles. The fraction of sp³-hybridized carbons (Fsp3) is 0.444. The van der Waals surface area contributed by atoms with E-state index in [-0.39, 0.29) is 0 Å². The molecule has 4 N–H and O–H groups in total. The number of anilines is 2. The van der Waals surface area contributed by atoms with E-state index in [0.29, 0.717) is 11.5 Å². The highest BCUT2D eigenvalue weighted by atomic mass is 14.9. The van der Waals surface area contributed by atoms with Crippen molar-refractivity contribution in [3.05, 3.63) is 16.8 Å². The van der Waals surface area contributed by atoms with Crippen LogP contribution in [0.2, 0.25) is 0 Å². The van der Waals surface area contributed by atoms with E-state index in [0.717, 1.165) is 17.7 Å². The normalized spacial score (nSPS) is 10.2. The molecule has 0 aromatic carbocycles. The Balaban J connectivity index is 3.40. The molecule has 12 heavy (non-hydrogen) atoms. The van der Waals surface area contributed by atoms with Crippen LogP contribution in [0.25, 0.3) is 0 Å². The molecule has 0 aliphatic carbocycles. The van der Waals surface area contributed by atoms with Gasteiger partial charge in [-0.05, 0) is 31.4 Å². The number of nitrogens with two attached hydrogens (primary N) is 2. The van der Waals surface area contributed by atoms with Crippen LogP contribution in [0.3, 0.4) is 0 Å². The summed E-state index contributed by atoms with van der Waals surface area (Å²) in [6, 6.07) is 0. The van der Waals surface area contributed by atoms with Gasteiger partial charge in [-0.2, -0.15) is 0 Å². The Morgan fingerprint density at radius 1 is 1.25 bits per heavy atom. The lowest BCUT2D eigenvalue weighted by molar-refractivity contribution is 1.03. The average Bonchev–Trinajstić information content (AvgIpc) is 2.01. The molecular weight excluding hydrogens is 150 g/mol. The molecule has 0 atom stereocenters. The summed E-state index contributed by atoms with van der Waals surface area (Å²) in [6.45, 7) is 6.04. The second-order valence-corrected chi connectivity index (χ2v) is 2.95. The van der Waals surface area contributed by atoms with E-state index in [1.807, 2.05) is 13.8 Å². The number of nitrogens with zero attached hydrogens (tertiary/aromatic N) is 1. The van der Waals surface area contributed by atoms with E-state index in [2.05, 4.69) is 11.9 Å². The summed E-state index contributed by atoms with van der Waals surface area (Å²) in [6.07, 6.45) is 0.954. The van der Waals surface area contributed by atoms with Gasteiger partial charge in [-0.3, -0.25) is 0 Å². The SMILES string of the molecule is CCc1c(C)nc(N)c(N)c1C. The maximum Gasteiger partial charge on any atom is 0.147 e. The van der Waals surface area contributed by atoms with Gasteiger partial charge in [0.25, 0.3) is 0 Å². The predicted octanol–water partition coefficient (Wildman–Crippen LogP) is 1.43. The molecule has 0 saturated heterocycles. The molecule has 0 bridgehead atoms. The molecule has 0 fully saturated rings. The summed E-state index contributed by atoms with van der Waals surface area (Å²) < 4.78 is 0. The summed E-state index contributed by atoms with van der Waals surface area (Å²) in [7, 11) is 0. The van der Waals surface area contributed by atoms with E-state index in [1.54, 1.807) is 0 Å². The Bertz CT molecular complexity index is 305. The molecule has 0 saturated carbocycles. The Hall–Kier alpha value is -1.25. The van der Waals surface area contributed by atoms with Gasteiger partial charge in [0.05, 0.1) is 5.69 Å². The van der Waals surface area contributed by atoms with E-state index < -0.39 is 0 Å². The van der Waals surface area contributed by atoms with Gasteiger partial charge >= 0.3 is 0 Å². The molecule has 0 radical (unpaired) electrons. The van der Waals surface area contributed by atoms with Crippen LogP contribution in [0.15, 0.2) is 0 Å². The summed E-state index contributed by atoms with van der Waals surface area (Å²) in [5.74, 6) is 0.446. The van der Waals surface area contributed by atoms with Crippen molar-refractivity contribution in [3.63, 3.8) is 0 Å². The van der Waals surface area contributed by atoms with Crippen LogP contribution in [-0.2, 0) is 6.42 Å². The van der Waals surface area contributed by atoms with E-state index in [9.17, 15) is 0 Å². The van der Waals surface area contributed by atoms with Crippen LogP contribution in [0.5, 0.6) is 0 Å². The van der Waals surface area contributed by atoms with Crippen LogP contribution >= 0.6 is 0 Å². The number of hydrogen-bond acceptors (Lipinski definition) is 3. The molecule has 0 spiro atoms. The number of hydrogen-bond donors (Lipinski definition) is 2. The number of rotatable bonds is 1. The first-order valence-corrected chi connectivity index (χ1v) is 4.09. The highest BCUT2D eigenvalue weighted by molar-refractivity contribution is 5.65. The molecule has 1 aromatic rings. The largest absolute Gasteiger partial charge is 0.396 e. The average molecular weight is 165 g/mol. The molecule has 0 amide bonds. The van der Waals surface area contributed by atoms with Crippen LogP contribution in [0.1, 0.15) is 23.7 Å². The quantitative estimate of drug-likeness (QED) is 0.661. The monoisotopic (exact) mass is 165 g/mol. The Labute approximate surface area is 72.8 Å². The Morgan fingerprint density at radius 3 is 2.33 bits per heavy atom. The third kappa shape index (κ3) is 1.22. The summed E-state index contributed by atoms with van der Waals surface area (Å²) in [4.78, 5) is 4.16. The van der Waals surface area contributed by atoms with Crippen LogP contribution in [-0.4, -0.2) is 4.98 Å². The van der Waals surface area contributed by atoms with Crippen molar-refractivity contribution >= 4 is 11.5 Å². The zero-order valence-electron chi connectivity index (χ0n) is 7.81. The van der Waals surface area contributed by atoms with E-state index in [1.165, 1.54) is 5.56 Å². The molecule has 1 rings (SSSR count). The van der Waals surface area contributed by atoms with Crippen molar-refractivity contribution in [2.24, 2.45) is 0 Å². The van der Waals surface area contributed by atoms with Gasteiger partial charge in [-0.25, -0.2) is 4.98 Å². The van der Waals surface area contributed by atoms with Crippen LogP contribution in [0, 0.1) is 13.8 Å². The molecule has 1 heterocycles. The zero-order chi connectivity index (χ0) is 9.30. The fourth-order valence-corrected chi connectivity index (χ4v) is 1.46. The molecule has 3 nitrogen and oxygen atoms in total. The van der Waals surface area contributed by atoms with Crippen molar-refractivity contribution < 1.29 is 0 Å². The maximum atomic E-state index is 5.74. The van der Waals surface area contributed by atoms with E-state index >= 15 is 0 Å². The standard InChI is InChI=1S/C9H15N3/c1-4-7-5(2)8(10)9(11)12-6(7)3/h4,10H2,1-3H3,(H2,11,12).